The normalized spacial score (nSPS) is 10.2. The van der Waals surface area contributed by atoms with Crippen LogP contribution in [0.25, 0.3) is 0 Å². The fourth-order valence-electron chi connectivity index (χ4n) is 0.981. The molecule has 1 heterocycles. The van der Waals surface area contributed by atoms with Crippen LogP contribution in [0.3, 0.4) is 0 Å². The van der Waals surface area contributed by atoms with Crippen molar-refractivity contribution in [1.82, 2.24) is 10.2 Å². The van der Waals surface area contributed by atoms with Crippen LogP contribution in [0.1, 0.15) is 10.5 Å². The van der Waals surface area contributed by atoms with Gasteiger partial charge in [-0.1, -0.05) is 0 Å². The lowest BCUT2D eigenvalue weighted by Gasteiger charge is -2.12. The highest BCUT2D eigenvalue weighted by Gasteiger charge is 2.09. The Bertz CT molecular complexity index is 337. The molecule has 0 amide bonds. The van der Waals surface area contributed by atoms with E-state index in [1.807, 2.05) is 0 Å². The van der Waals surface area contributed by atoms with E-state index in [1.54, 1.807) is 0 Å². The third kappa shape index (κ3) is 3.14. The van der Waals surface area contributed by atoms with Gasteiger partial charge in [0, 0.05) is 0 Å². The summed E-state index contributed by atoms with van der Waals surface area (Å²) < 4.78 is 4.46. The molecule has 0 atom stereocenters. The fourth-order valence-corrected chi connectivity index (χ4v) is 0.981. The Hall–Kier alpha value is -1.73. The molecule has 0 saturated heterocycles. The molecule has 0 unspecified atom stereocenters. The Morgan fingerprint density at radius 1 is 1.44 bits per heavy atom. The van der Waals surface area contributed by atoms with Gasteiger partial charge in [0.05, 0.1) is 26.4 Å². The summed E-state index contributed by atoms with van der Waals surface area (Å²) in [4.78, 5) is 11.0. The lowest BCUT2D eigenvalue weighted by atomic mass is 10.3. The van der Waals surface area contributed by atoms with E-state index in [4.69, 9.17) is 10.2 Å². The summed E-state index contributed by atoms with van der Waals surface area (Å²) in [6.07, 6.45) is 0. The Morgan fingerprint density at radius 2 is 2.12 bits per heavy atom. The van der Waals surface area contributed by atoms with E-state index in [0.717, 1.165) is 0 Å². The van der Waals surface area contributed by atoms with Crippen molar-refractivity contribution in [3.8, 4) is 0 Å². The second-order valence-corrected chi connectivity index (χ2v) is 3.00. The van der Waals surface area contributed by atoms with E-state index in [-0.39, 0.29) is 18.9 Å². The van der Waals surface area contributed by atoms with Crippen LogP contribution in [0.4, 0.5) is 5.82 Å². The first-order valence-corrected chi connectivity index (χ1v) is 4.61. The number of methoxy groups -OCH3 is 1. The summed E-state index contributed by atoms with van der Waals surface area (Å²) in [5.74, 6) is -0.208. The van der Waals surface area contributed by atoms with Crippen molar-refractivity contribution in [2.75, 3.05) is 25.6 Å². The molecule has 0 aliphatic carbocycles. The molecule has 0 spiro atoms. The maximum Gasteiger partial charge on any atom is 0.358 e. The van der Waals surface area contributed by atoms with Gasteiger partial charge in [0.2, 0.25) is 0 Å². The van der Waals surface area contributed by atoms with Crippen molar-refractivity contribution in [2.24, 2.45) is 0 Å². The van der Waals surface area contributed by atoms with E-state index in [1.165, 1.54) is 19.2 Å². The van der Waals surface area contributed by atoms with Crippen LogP contribution in [0.5, 0.6) is 0 Å². The first-order valence-electron chi connectivity index (χ1n) is 4.61. The molecule has 7 nitrogen and oxygen atoms in total. The Balaban J connectivity index is 2.67. The zero-order valence-electron chi connectivity index (χ0n) is 8.75. The van der Waals surface area contributed by atoms with Crippen LogP contribution in [-0.4, -0.2) is 52.7 Å². The summed E-state index contributed by atoms with van der Waals surface area (Å²) in [7, 11) is 1.25. The molecule has 0 fully saturated rings. The molecule has 0 bridgehead atoms. The van der Waals surface area contributed by atoms with Gasteiger partial charge < -0.3 is 20.3 Å². The number of esters is 1. The molecule has 1 aromatic heterocycles. The minimum Gasteiger partial charge on any atom is -0.464 e. The van der Waals surface area contributed by atoms with Gasteiger partial charge in [-0.25, -0.2) is 4.79 Å². The minimum absolute atomic E-state index is 0.0950. The lowest BCUT2D eigenvalue weighted by Crippen LogP contribution is -2.28. The van der Waals surface area contributed by atoms with Gasteiger partial charge >= 0.3 is 5.97 Å². The molecular formula is C9H13N3O4. The number of rotatable bonds is 5. The first-order chi connectivity index (χ1) is 7.71. The maximum absolute atomic E-state index is 11.0. The highest BCUT2D eigenvalue weighted by atomic mass is 16.5. The van der Waals surface area contributed by atoms with Gasteiger partial charge in [-0.2, -0.15) is 0 Å². The van der Waals surface area contributed by atoms with E-state index in [9.17, 15) is 4.79 Å². The van der Waals surface area contributed by atoms with Crippen molar-refractivity contribution in [3.05, 3.63) is 17.8 Å². The number of hydrogen-bond donors (Lipinski definition) is 3. The van der Waals surface area contributed by atoms with Gasteiger partial charge in [0.25, 0.3) is 0 Å². The number of nitrogens with zero attached hydrogens (tertiary/aromatic N) is 2. The lowest BCUT2D eigenvalue weighted by molar-refractivity contribution is 0.0592. The molecule has 0 aliphatic heterocycles. The van der Waals surface area contributed by atoms with Crippen LogP contribution in [0.2, 0.25) is 0 Å². The Kier molecular flexibility index (Phi) is 4.62. The Labute approximate surface area is 92.1 Å². The monoisotopic (exact) mass is 227 g/mol. The molecule has 1 aromatic rings. The molecule has 1 rings (SSSR count). The van der Waals surface area contributed by atoms with Crippen LogP contribution in [-0.2, 0) is 4.74 Å². The van der Waals surface area contributed by atoms with Crippen molar-refractivity contribution in [3.63, 3.8) is 0 Å². The smallest absolute Gasteiger partial charge is 0.358 e. The molecule has 0 radical (unpaired) electrons. The third-order valence-corrected chi connectivity index (χ3v) is 1.85. The second-order valence-electron chi connectivity index (χ2n) is 3.00. The zero-order chi connectivity index (χ0) is 12.0. The van der Waals surface area contributed by atoms with E-state index in [2.05, 4.69) is 20.3 Å². The first kappa shape index (κ1) is 12.3. The van der Waals surface area contributed by atoms with E-state index in [0.29, 0.717) is 5.82 Å². The minimum atomic E-state index is -0.570. The van der Waals surface area contributed by atoms with Gasteiger partial charge in [0.1, 0.15) is 5.82 Å². The van der Waals surface area contributed by atoms with Gasteiger partial charge in [-0.3, -0.25) is 0 Å². The molecule has 88 valence electrons. The van der Waals surface area contributed by atoms with Crippen LogP contribution in [0.15, 0.2) is 12.1 Å². The molecule has 3 N–H and O–H groups in total. The Morgan fingerprint density at radius 3 is 2.56 bits per heavy atom. The number of carbonyl (C=O) groups is 1. The summed E-state index contributed by atoms with van der Waals surface area (Å²) >= 11 is 0. The number of nitrogens with one attached hydrogen (secondary N) is 1. The van der Waals surface area contributed by atoms with Gasteiger partial charge in [-0.15, -0.1) is 10.2 Å². The van der Waals surface area contributed by atoms with Crippen molar-refractivity contribution in [1.29, 1.82) is 0 Å². The second kappa shape index (κ2) is 5.99. The highest BCUT2D eigenvalue weighted by Crippen LogP contribution is 2.04. The molecule has 0 aromatic carbocycles. The zero-order valence-corrected chi connectivity index (χ0v) is 8.75. The highest BCUT2D eigenvalue weighted by molar-refractivity contribution is 5.86. The number of aliphatic hydroxyl groups is 2. The maximum atomic E-state index is 11.0. The summed E-state index contributed by atoms with van der Waals surface area (Å²) in [6, 6.07) is 2.45. The van der Waals surface area contributed by atoms with Crippen LogP contribution in [0, 0.1) is 0 Å². The van der Waals surface area contributed by atoms with Gasteiger partial charge in [-0.05, 0) is 12.1 Å². The quantitative estimate of drug-likeness (QED) is 0.556. The predicted molar refractivity (Wildman–Crippen MR) is 55.0 cm³/mol. The summed E-state index contributed by atoms with van der Waals surface area (Å²) in [5, 5.41) is 27.7. The number of ether oxygens (including phenoxy) is 1. The standard InChI is InChI=1S/C9H13N3O4/c1-16-9(15)7-2-3-8(12-11-7)10-6(4-13)5-14/h2-3,6,13-14H,4-5H2,1H3,(H,10,12). The molecule has 16 heavy (non-hydrogen) atoms. The topological polar surface area (TPSA) is 105 Å². The van der Waals surface area contributed by atoms with Crippen LogP contribution >= 0.6 is 0 Å². The largest absolute Gasteiger partial charge is 0.464 e. The third-order valence-electron chi connectivity index (χ3n) is 1.85. The van der Waals surface area contributed by atoms with Crippen molar-refractivity contribution >= 4 is 11.8 Å². The van der Waals surface area contributed by atoms with Crippen molar-refractivity contribution < 1.29 is 19.7 Å². The number of aliphatic hydroxyl groups excluding tert-OH is 2. The average molecular weight is 227 g/mol. The summed E-state index contributed by atoms with van der Waals surface area (Å²) in [5.41, 5.74) is 0.0950. The van der Waals surface area contributed by atoms with Crippen LogP contribution < -0.4 is 5.32 Å². The molecule has 7 heteroatoms. The van der Waals surface area contributed by atoms with Crippen molar-refractivity contribution in [2.45, 2.75) is 6.04 Å². The number of aromatic nitrogens is 2. The average Bonchev–Trinajstić information content (AvgIpc) is 2.35. The fraction of sp³-hybridized carbons (Fsp3) is 0.444. The molecule has 0 saturated carbocycles. The summed E-state index contributed by atoms with van der Waals surface area (Å²) in [6.45, 7) is -0.451. The number of hydrogen-bond acceptors (Lipinski definition) is 7. The molecule has 0 aliphatic rings. The SMILES string of the molecule is COC(=O)c1ccc(NC(CO)CO)nn1. The number of carbonyl (C=O) groups excluding carboxylic acids is 1. The predicted octanol–water partition coefficient (Wildman–Crippen LogP) is -0.972. The van der Waals surface area contributed by atoms with Gasteiger partial charge in [0.15, 0.2) is 5.69 Å². The molecular weight excluding hydrogens is 214 g/mol. The van der Waals surface area contributed by atoms with E-state index >= 15 is 0 Å². The number of anilines is 1. The van der Waals surface area contributed by atoms with E-state index < -0.39 is 12.0 Å².